The molecule has 1 heterocycles. The highest BCUT2D eigenvalue weighted by Gasteiger charge is 2.11. The Hall–Kier alpha value is -1.52. The van der Waals surface area contributed by atoms with Crippen molar-refractivity contribution >= 4 is 29.1 Å². The van der Waals surface area contributed by atoms with E-state index in [1.165, 1.54) is 12.3 Å². The number of carbonyl (C=O) groups is 1. The molecule has 1 aromatic carbocycles. The fourth-order valence-electron chi connectivity index (χ4n) is 1.43. The maximum atomic E-state index is 11.9. The summed E-state index contributed by atoms with van der Waals surface area (Å²) in [4.78, 5) is 15.9. The number of hydrogen-bond acceptors (Lipinski definition) is 3. The maximum Gasteiger partial charge on any atom is 0.253 e. The van der Waals surface area contributed by atoms with Crippen molar-refractivity contribution in [1.82, 2.24) is 10.3 Å². The topological polar surface area (TPSA) is 55.1 Å². The highest BCUT2D eigenvalue weighted by Crippen LogP contribution is 2.20. The average molecular weight is 285 g/mol. The van der Waals surface area contributed by atoms with Crippen molar-refractivity contribution in [1.29, 1.82) is 0 Å². The van der Waals surface area contributed by atoms with Crippen LogP contribution >= 0.6 is 23.2 Å². The van der Waals surface area contributed by atoms with Gasteiger partial charge >= 0.3 is 0 Å². The molecule has 6 heteroatoms. The summed E-state index contributed by atoms with van der Waals surface area (Å²) in [5.41, 5.74) is 1.03. The number of aryl methyl sites for hydroxylation is 1. The molecule has 0 bridgehead atoms. The molecule has 2 aromatic rings. The zero-order chi connectivity index (χ0) is 13.1. The molecule has 0 aliphatic carbocycles. The third-order valence-corrected chi connectivity index (χ3v) is 2.82. The Morgan fingerprint density at radius 2 is 2.22 bits per heavy atom. The summed E-state index contributed by atoms with van der Waals surface area (Å²) < 4.78 is 5.04. The van der Waals surface area contributed by atoms with Crippen molar-refractivity contribution in [2.24, 2.45) is 0 Å². The van der Waals surface area contributed by atoms with Crippen molar-refractivity contribution in [3.8, 4) is 0 Å². The Labute approximate surface area is 114 Å². The van der Waals surface area contributed by atoms with Crippen molar-refractivity contribution in [2.45, 2.75) is 13.5 Å². The second-order valence-electron chi connectivity index (χ2n) is 3.66. The minimum Gasteiger partial charge on any atom is -0.449 e. The number of halogens is 2. The van der Waals surface area contributed by atoms with Crippen molar-refractivity contribution in [3.05, 3.63) is 51.7 Å². The summed E-state index contributed by atoms with van der Waals surface area (Å²) >= 11 is 11.7. The van der Waals surface area contributed by atoms with Gasteiger partial charge in [-0.2, -0.15) is 0 Å². The molecule has 4 nitrogen and oxygen atoms in total. The van der Waals surface area contributed by atoms with E-state index in [0.717, 1.165) is 0 Å². The van der Waals surface area contributed by atoms with Crippen LogP contribution in [0, 0.1) is 6.92 Å². The number of aromatic nitrogens is 1. The van der Waals surface area contributed by atoms with Crippen LogP contribution in [-0.4, -0.2) is 10.9 Å². The Balaban J connectivity index is 2.03. The lowest BCUT2D eigenvalue weighted by molar-refractivity contribution is 0.0950. The van der Waals surface area contributed by atoms with E-state index < -0.39 is 0 Å². The average Bonchev–Trinajstić information content (AvgIpc) is 2.72. The van der Waals surface area contributed by atoms with Crippen LogP contribution < -0.4 is 5.32 Å². The van der Waals surface area contributed by atoms with E-state index in [1.54, 1.807) is 19.1 Å². The third-order valence-electron chi connectivity index (χ3n) is 2.27. The lowest BCUT2D eigenvalue weighted by Crippen LogP contribution is -2.23. The number of nitrogens with one attached hydrogen (secondary N) is 1. The van der Waals surface area contributed by atoms with Gasteiger partial charge in [0.1, 0.15) is 6.26 Å². The molecule has 0 aliphatic rings. The number of carbonyl (C=O) groups excluding carboxylic acids is 1. The number of benzene rings is 1. The first-order valence-corrected chi connectivity index (χ1v) is 5.96. The predicted molar refractivity (Wildman–Crippen MR) is 68.9 cm³/mol. The Kier molecular flexibility index (Phi) is 3.89. The van der Waals surface area contributed by atoms with E-state index in [9.17, 15) is 4.79 Å². The van der Waals surface area contributed by atoms with Crippen molar-refractivity contribution in [3.63, 3.8) is 0 Å². The molecule has 0 atom stereocenters. The summed E-state index contributed by atoms with van der Waals surface area (Å²) in [5.74, 6) is 0.279. The van der Waals surface area contributed by atoms with Crippen LogP contribution in [0.3, 0.4) is 0 Å². The van der Waals surface area contributed by atoms with Gasteiger partial charge in [-0.25, -0.2) is 4.98 Å². The first-order chi connectivity index (χ1) is 8.56. The molecule has 0 aliphatic heterocycles. The minimum absolute atomic E-state index is 0.280. The molecular weight excluding hydrogens is 275 g/mol. The van der Waals surface area contributed by atoms with E-state index in [2.05, 4.69) is 10.3 Å². The molecule has 2 rings (SSSR count). The highest BCUT2D eigenvalue weighted by molar-refractivity contribution is 6.36. The summed E-state index contributed by atoms with van der Waals surface area (Å²) in [5, 5.41) is 3.51. The molecule has 0 fully saturated rings. The van der Waals surface area contributed by atoms with Gasteiger partial charge in [-0.1, -0.05) is 23.2 Å². The van der Waals surface area contributed by atoms with E-state index in [1.807, 2.05) is 0 Å². The highest BCUT2D eigenvalue weighted by atomic mass is 35.5. The quantitative estimate of drug-likeness (QED) is 0.942. The maximum absolute atomic E-state index is 11.9. The van der Waals surface area contributed by atoms with Gasteiger partial charge in [0.05, 0.1) is 22.8 Å². The molecule has 1 N–H and O–H groups in total. The van der Waals surface area contributed by atoms with Gasteiger partial charge in [0.2, 0.25) is 0 Å². The molecule has 0 saturated carbocycles. The molecule has 0 unspecified atom stereocenters. The molecule has 0 radical (unpaired) electrons. The second kappa shape index (κ2) is 5.42. The van der Waals surface area contributed by atoms with Crippen LogP contribution in [0.4, 0.5) is 0 Å². The number of hydrogen-bond donors (Lipinski definition) is 1. The van der Waals surface area contributed by atoms with Gasteiger partial charge in [-0.15, -0.1) is 0 Å². The normalized spacial score (nSPS) is 10.4. The van der Waals surface area contributed by atoms with Crippen LogP contribution in [0.1, 0.15) is 21.9 Å². The van der Waals surface area contributed by atoms with Crippen LogP contribution in [0.5, 0.6) is 0 Å². The molecule has 0 saturated heterocycles. The summed E-state index contributed by atoms with van der Waals surface area (Å²) in [6.07, 6.45) is 1.50. The number of nitrogens with zero attached hydrogens (tertiary/aromatic N) is 1. The fraction of sp³-hybridized carbons (Fsp3) is 0.167. The van der Waals surface area contributed by atoms with Gasteiger partial charge in [0, 0.05) is 11.9 Å². The van der Waals surface area contributed by atoms with E-state index in [-0.39, 0.29) is 12.5 Å². The second-order valence-corrected chi connectivity index (χ2v) is 4.51. The lowest BCUT2D eigenvalue weighted by Gasteiger charge is -2.05. The molecule has 18 heavy (non-hydrogen) atoms. The predicted octanol–water partition coefficient (Wildman–Crippen LogP) is 3.22. The van der Waals surface area contributed by atoms with Crippen LogP contribution in [0.15, 0.2) is 28.9 Å². The van der Waals surface area contributed by atoms with Crippen LogP contribution in [-0.2, 0) is 6.54 Å². The number of rotatable bonds is 3. The molecule has 94 valence electrons. The van der Waals surface area contributed by atoms with Crippen molar-refractivity contribution < 1.29 is 9.21 Å². The standard InChI is InChI=1S/C12H10Cl2N2O2/c1-7-16-9(6-18-7)5-15-12(17)10-3-2-8(13)4-11(10)14/h2-4,6H,5H2,1H3,(H,15,17). The Morgan fingerprint density at radius 3 is 2.83 bits per heavy atom. The molecule has 0 spiro atoms. The van der Waals surface area contributed by atoms with Gasteiger partial charge in [-0.05, 0) is 18.2 Å². The van der Waals surface area contributed by atoms with E-state index in [0.29, 0.717) is 27.2 Å². The van der Waals surface area contributed by atoms with Crippen LogP contribution in [0.25, 0.3) is 0 Å². The van der Waals surface area contributed by atoms with Crippen molar-refractivity contribution in [2.75, 3.05) is 0 Å². The zero-order valence-electron chi connectivity index (χ0n) is 9.54. The van der Waals surface area contributed by atoms with Gasteiger partial charge < -0.3 is 9.73 Å². The Bertz CT molecular complexity index is 581. The molecular formula is C12H10Cl2N2O2. The summed E-state index contributed by atoms with van der Waals surface area (Å²) in [6.45, 7) is 2.02. The molecule has 1 amide bonds. The largest absolute Gasteiger partial charge is 0.449 e. The van der Waals surface area contributed by atoms with E-state index >= 15 is 0 Å². The molecule has 1 aromatic heterocycles. The van der Waals surface area contributed by atoms with Gasteiger partial charge in [-0.3, -0.25) is 4.79 Å². The zero-order valence-corrected chi connectivity index (χ0v) is 11.0. The van der Waals surface area contributed by atoms with Crippen LogP contribution in [0.2, 0.25) is 10.0 Å². The first kappa shape index (κ1) is 12.9. The van der Waals surface area contributed by atoms with Gasteiger partial charge in [0.25, 0.3) is 5.91 Å². The monoisotopic (exact) mass is 284 g/mol. The minimum atomic E-state index is -0.280. The lowest BCUT2D eigenvalue weighted by atomic mass is 10.2. The third kappa shape index (κ3) is 3.03. The fourth-order valence-corrected chi connectivity index (χ4v) is 1.92. The number of oxazole rings is 1. The summed E-state index contributed by atoms with van der Waals surface area (Å²) in [7, 11) is 0. The smallest absolute Gasteiger partial charge is 0.253 e. The van der Waals surface area contributed by atoms with Gasteiger partial charge in [0.15, 0.2) is 5.89 Å². The first-order valence-electron chi connectivity index (χ1n) is 5.20. The summed E-state index contributed by atoms with van der Waals surface area (Å²) in [6, 6.07) is 4.72. The SMILES string of the molecule is Cc1nc(CNC(=O)c2ccc(Cl)cc2Cl)co1. The number of amides is 1. The van der Waals surface area contributed by atoms with E-state index in [4.69, 9.17) is 27.6 Å². The Morgan fingerprint density at radius 1 is 1.44 bits per heavy atom.